The van der Waals surface area contributed by atoms with Gasteiger partial charge in [0.2, 0.25) is 0 Å². The van der Waals surface area contributed by atoms with Gasteiger partial charge in [0.1, 0.15) is 23.1 Å². The Labute approximate surface area is 187 Å². The van der Waals surface area contributed by atoms with Gasteiger partial charge >= 0.3 is 0 Å². The van der Waals surface area contributed by atoms with Crippen molar-refractivity contribution in [3.05, 3.63) is 90.3 Å². The molecule has 166 valence electrons. The Balaban J connectivity index is 0.000000913. The summed E-state index contributed by atoms with van der Waals surface area (Å²) in [5, 5.41) is 10.7. The molecule has 0 unspecified atom stereocenters. The van der Waals surface area contributed by atoms with Crippen LogP contribution in [0.15, 0.2) is 73.1 Å². The van der Waals surface area contributed by atoms with Gasteiger partial charge in [-0.25, -0.2) is 13.8 Å². The predicted octanol–water partition coefficient (Wildman–Crippen LogP) is 5.36. The van der Waals surface area contributed by atoms with Gasteiger partial charge in [0.25, 0.3) is 0 Å². The fourth-order valence-corrected chi connectivity index (χ4v) is 3.11. The van der Waals surface area contributed by atoms with E-state index in [0.29, 0.717) is 12.4 Å². The van der Waals surface area contributed by atoms with Crippen LogP contribution in [0.1, 0.15) is 12.5 Å². The van der Waals surface area contributed by atoms with E-state index in [0.717, 1.165) is 34.5 Å². The van der Waals surface area contributed by atoms with E-state index < -0.39 is 0 Å². The van der Waals surface area contributed by atoms with E-state index in [1.807, 2.05) is 44.0 Å². The van der Waals surface area contributed by atoms with Crippen LogP contribution in [0.3, 0.4) is 0 Å². The fourth-order valence-electron chi connectivity index (χ4n) is 3.11. The van der Waals surface area contributed by atoms with Crippen LogP contribution < -0.4 is 10.6 Å². The summed E-state index contributed by atoms with van der Waals surface area (Å²) in [6.07, 6.45) is 3.72. The molecule has 5 nitrogen and oxygen atoms in total. The number of aromatic nitrogens is 3. The molecule has 2 N–H and O–H groups in total. The number of aryl methyl sites for hydroxylation is 1. The molecule has 0 fully saturated rings. The number of pyridine rings is 1. The van der Waals surface area contributed by atoms with Crippen molar-refractivity contribution in [2.24, 2.45) is 0 Å². The monoisotopic (exact) mass is 435 g/mol. The van der Waals surface area contributed by atoms with Crippen molar-refractivity contribution in [1.82, 2.24) is 20.1 Å². The van der Waals surface area contributed by atoms with E-state index in [4.69, 9.17) is 0 Å². The highest BCUT2D eigenvalue weighted by molar-refractivity contribution is 5.81. The maximum Gasteiger partial charge on any atom is 0.126 e. The Bertz CT molecular complexity index is 1120. The molecule has 0 spiro atoms. The molecule has 0 saturated heterocycles. The third-order valence-electron chi connectivity index (χ3n) is 4.66. The van der Waals surface area contributed by atoms with E-state index in [-0.39, 0.29) is 11.6 Å². The summed E-state index contributed by atoms with van der Waals surface area (Å²) in [4.78, 5) is 4.38. The fraction of sp³-hybridized carbons (Fsp3) is 0.200. The summed E-state index contributed by atoms with van der Waals surface area (Å²) >= 11 is 0. The molecule has 4 aromatic rings. The van der Waals surface area contributed by atoms with Crippen LogP contribution in [0.5, 0.6) is 0 Å². The number of hydrogen-bond acceptors (Lipinski definition) is 4. The van der Waals surface area contributed by atoms with E-state index in [1.165, 1.54) is 24.3 Å². The number of halogens is 2. The van der Waals surface area contributed by atoms with E-state index in [2.05, 4.69) is 20.7 Å². The predicted molar refractivity (Wildman–Crippen MR) is 125 cm³/mol. The van der Waals surface area contributed by atoms with Crippen LogP contribution in [-0.2, 0) is 13.1 Å². The molecule has 4 rings (SSSR count). The molecule has 0 aliphatic carbocycles. The Morgan fingerprint density at radius 1 is 0.875 bits per heavy atom. The quantitative estimate of drug-likeness (QED) is 0.428. The van der Waals surface area contributed by atoms with Crippen molar-refractivity contribution >= 4 is 5.82 Å². The molecule has 7 heteroatoms. The second kappa shape index (κ2) is 11.2. The normalized spacial score (nSPS) is 10.4. The molecule has 0 aliphatic heterocycles. The zero-order valence-electron chi connectivity index (χ0n) is 18.4. The first-order valence-electron chi connectivity index (χ1n) is 10.4. The third kappa shape index (κ3) is 5.98. The molecule has 32 heavy (non-hydrogen) atoms. The van der Waals surface area contributed by atoms with Gasteiger partial charge < -0.3 is 10.6 Å². The Morgan fingerprint density at radius 3 is 2.12 bits per heavy atom. The SMILES string of the molecule is CCn1cc(-c2ccnc(NCc3ccc(F)cc3)c2)c(-c2ccc(F)cc2)n1.CNC. The van der Waals surface area contributed by atoms with Gasteiger partial charge in [-0.15, -0.1) is 0 Å². The smallest absolute Gasteiger partial charge is 0.126 e. The third-order valence-corrected chi connectivity index (χ3v) is 4.66. The zero-order chi connectivity index (χ0) is 22.9. The first-order chi connectivity index (χ1) is 15.5. The van der Waals surface area contributed by atoms with Crippen LogP contribution >= 0.6 is 0 Å². The molecule has 0 radical (unpaired) electrons. The molecule has 0 bridgehead atoms. The first kappa shape index (κ1) is 23.1. The molecule has 2 heterocycles. The van der Waals surface area contributed by atoms with Gasteiger partial charge in [-0.3, -0.25) is 4.68 Å². The molecule has 0 aliphatic rings. The lowest BCUT2D eigenvalue weighted by Crippen LogP contribution is -2.01. The van der Waals surface area contributed by atoms with Crippen molar-refractivity contribution in [1.29, 1.82) is 0 Å². The van der Waals surface area contributed by atoms with Gasteiger partial charge in [-0.05, 0) is 80.7 Å². The summed E-state index contributed by atoms with van der Waals surface area (Å²) in [6.45, 7) is 3.29. The Hall–Kier alpha value is -3.58. The number of nitrogens with one attached hydrogen (secondary N) is 2. The Morgan fingerprint density at radius 2 is 1.50 bits per heavy atom. The van der Waals surface area contributed by atoms with Crippen molar-refractivity contribution in [3.63, 3.8) is 0 Å². The highest BCUT2D eigenvalue weighted by Crippen LogP contribution is 2.32. The Kier molecular flexibility index (Phi) is 8.05. The van der Waals surface area contributed by atoms with Crippen LogP contribution in [-0.4, -0.2) is 28.9 Å². The summed E-state index contributed by atoms with van der Waals surface area (Å²) in [5.41, 5.74) is 4.52. The van der Waals surface area contributed by atoms with Crippen molar-refractivity contribution in [2.45, 2.75) is 20.0 Å². The molecule has 2 aromatic heterocycles. The van der Waals surface area contributed by atoms with Gasteiger partial charge in [0.05, 0.1) is 0 Å². The lowest BCUT2D eigenvalue weighted by molar-refractivity contribution is 0.627. The summed E-state index contributed by atoms with van der Waals surface area (Å²) in [7, 11) is 3.75. The second-order valence-electron chi connectivity index (χ2n) is 7.16. The lowest BCUT2D eigenvalue weighted by atomic mass is 10.0. The number of benzene rings is 2. The molecular weight excluding hydrogens is 408 g/mol. The van der Waals surface area contributed by atoms with Crippen molar-refractivity contribution in [2.75, 3.05) is 19.4 Å². The highest BCUT2D eigenvalue weighted by atomic mass is 19.1. The van der Waals surface area contributed by atoms with Gasteiger partial charge in [0.15, 0.2) is 0 Å². The second-order valence-corrected chi connectivity index (χ2v) is 7.16. The maximum atomic E-state index is 13.3. The van der Waals surface area contributed by atoms with E-state index in [9.17, 15) is 8.78 Å². The molecular formula is C25H27F2N5. The number of nitrogens with zero attached hydrogens (tertiary/aromatic N) is 3. The van der Waals surface area contributed by atoms with Crippen LogP contribution in [0.25, 0.3) is 22.4 Å². The van der Waals surface area contributed by atoms with Gasteiger partial charge in [-0.2, -0.15) is 5.10 Å². The van der Waals surface area contributed by atoms with Crippen molar-refractivity contribution in [3.8, 4) is 22.4 Å². The van der Waals surface area contributed by atoms with Gasteiger partial charge in [-0.1, -0.05) is 12.1 Å². The average Bonchev–Trinajstić information content (AvgIpc) is 3.25. The summed E-state index contributed by atoms with van der Waals surface area (Å²) < 4.78 is 28.3. The van der Waals surface area contributed by atoms with E-state index >= 15 is 0 Å². The summed E-state index contributed by atoms with van der Waals surface area (Å²) in [6, 6.07) is 16.6. The first-order valence-corrected chi connectivity index (χ1v) is 10.4. The molecule has 0 amide bonds. The topological polar surface area (TPSA) is 54.8 Å². The van der Waals surface area contributed by atoms with E-state index in [1.54, 1.807) is 30.5 Å². The standard InChI is InChI=1S/C23H20F2N4.C2H7N/c1-2-29-15-21(23(28-29)17-5-9-20(25)10-6-17)18-11-12-26-22(13-18)27-14-16-3-7-19(24)8-4-16;1-3-2/h3-13,15H,2,14H2,1H3,(H,26,27);3H,1-2H3. The average molecular weight is 436 g/mol. The highest BCUT2D eigenvalue weighted by Gasteiger charge is 2.14. The summed E-state index contributed by atoms with van der Waals surface area (Å²) in [5.74, 6) is 0.178. The van der Waals surface area contributed by atoms with Crippen molar-refractivity contribution < 1.29 is 8.78 Å². The zero-order valence-corrected chi connectivity index (χ0v) is 18.4. The van der Waals surface area contributed by atoms with Crippen LogP contribution in [0.2, 0.25) is 0 Å². The maximum absolute atomic E-state index is 13.3. The minimum Gasteiger partial charge on any atom is -0.366 e. The molecule has 0 saturated carbocycles. The van der Waals surface area contributed by atoms with Gasteiger partial charge in [0, 0.05) is 36.6 Å². The minimum atomic E-state index is -0.276. The van der Waals surface area contributed by atoms with Crippen LogP contribution in [0.4, 0.5) is 14.6 Å². The molecule has 0 atom stereocenters. The number of rotatable bonds is 6. The largest absolute Gasteiger partial charge is 0.366 e. The number of anilines is 1. The molecule has 2 aromatic carbocycles. The lowest BCUT2D eigenvalue weighted by Gasteiger charge is -2.08. The number of hydrogen-bond donors (Lipinski definition) is 2. The minimum absolute atomic E-state index is 0.255. The van der Waals surface area contributed by atoms with Crippen LogP contribution in [0, 0.1) is 11.6 Å².